The van der Waals surface area contributed by atoms with Crippen molar-refractivity contribution >= 4 is 10.8 Å². The van der Waals surface area contributed by atoms with Crippen LogP contribution in [0, 0.1) is 0 Å². The Morgan fingerprint density at radius 1 is 0.372 bits per heavy atom. The Labute approximate surface area is 250 Å². The summed E-state index contributed by atoms with van der Waals surface area (Å²) in [4.78, 5) is 0. The van der Waals surface area contributed by atoms with Crippen molar-refractivity contribution in [2.24, 2.45) is 0 Å². The molecule has 0 spiro atoms. The molecule has 9 rings (SSSR count). The van der Waals surface area contributed by atoms with Crippen LogP contribution in [0.3, 0.4) is 0 Å². The normalized spacial score (nSPS) is 13.7. The number of hydrogen-bond donors (Lipinski definition) is 0. The Balaban J connectivity index is 1.28. The smallest absolute Gasteiger partial charge is 0.135 e. The number of fused-ring (bicyclic) bond motifs is 4. The predicted octanol–water partition coefficient (Wildman–Crippen LogP) is 10.8. The molecule has 0 fully saturated rings. The molecule has 0 bridgehead atoms. The fourth-order valence-corrected chi connectivity index (χ4v) is 7.15. The predicted molar refractivity (Wildman–Crippen MR) is 173 cm³/mol. The van der Waals surface area contributed by atoms with E-state index >= 15 is 0 Å². The van der Waals surface area contributed by atoms with E-state index in [1.54, 1.807) is 0 Å². The Kier molecular flexibility index (Phi) is 5.15. The van der Waals surface area contributed by atoms with E-state index in [1.807, 2.05) is 12.1 Å². The van der Waals surface area contributed by atoms with Crippen molar-refractivity contribution in [3.63, 3.8) is 0 Å². The average molecular weight is 551 g/mol. The molecule has 0 amide bonds. The van der Waals surface area contributed by atoms with Crippen LogP contribution in [0.25, 0.3) is 33.0 Å². The van der Waals surface area contributed by atoms with Crippen LogP contribution in [-0.4, -0.2) is 0 Å². The largest absolute Gasteiger partial charge is 0.457 e. The Hall–Kier alpha value is -5.60. The Bertz CT molecular complexity index is 2140. The molecule has 0 saturated heterocycles. The molecule has 2 heterocycles. The maximum absolute atomic E-state index is 6.50. The first-order valence-electron chi connectivity index (χ1n) is 14.7. The summed E-state index contributed by atoms with van der Waals surface area (Å²) < 4.78 is 12.9. The van der Waals surface area contributed by atoms with Gasteiger partial charge in [0.1, 0.15) is 23.0 Å². The minimum Gasteiger partial charge on any atom is -0.457 e. The number of rotatable bonds is 3. The summed E-state index contributed by atoms with van der Waals surface area (Å²) >= 11 is 0. The van der Waals surface area contributed by atoms with Crippen LogP contribution in [0.1, 0.15) is 22.3 Å². The lowest BCUT2D eigenvalue weighted by Crippen LogP contribution is -2.34. The average Bonchev–Trinajstić information content (AvgIpc) is 3.08. The molecular weight excluding hydrogens is 524 g/mol. The van der Waals surface area contributed by atoms with Crippen molar-refractivity contribution in [1.29, 1.82) is 0 Å². The molecule has 0 saturated carbocycles. The van der Waals surface area contributed by atoms with Crippen molar-refractivity contribution in [2.45, 2.75) is 5.41 Å². The van der Waals surface area contributed by atoms with Crippen LogP contribution in [0.2, 0.25) is 0 Å². The Morgan fingerprint density at radius 2 is 0.977 bits per heavy atom. The highest BCUT2D eigenvalue weighted by atomic mass is 16.5. The molecule has 0 radical (unpaired) electrons. The van der Waals surface area contributed by atoms with Crippen molar-refractivity contribution in [3.8, 4) is 45.3 Å². The van der Waals surface area contributed by atoms with Gasteiger partial charge in [-0.1, -0.05) is 121 Å². The highest BCUT2D eigenvalue weighted by Crippen LogP contribution is 2.55. The fourth-order valence-electron chi connectivity index (χ4n) is 7.15. The highest BCUT2D eigenvalue weighted by Gasteiger charge is 2.45. The van der Waals surface area contributed by atoms with Gasteiger partial charge in [0, 0.05) is 22.1 Å². The molecule has 0 unspecified atom stereocenters. The molecule has 2 aliphatic heterocycles. The van der Waals surface area contributed by atoms with E-state index in [4.69, 9.17) is 9.47 Å². The van der Waals surface area contributed by atoms with Crippen LogP contribution in [-0.2, 0) is 5.41 Å². The quantitative estimate of drug-likeness (QED) is 0.218. The Morgan fingerprint density at radius 3 is 1.77 bits per heavy atom. The molecule has 2 nitrogen and oxygen atoms in total. The second kappa shape index (κ2) is 9.20. The number of para-hydroxylation sites is 2. The summed E-state index contributed by atoms with van der Waals surface area (Å²) in [6.07, 6.45) is 0. The first kappa shape index (κ1) is 24.0. The number of benzene rings is 7. The molecule has 0 atom stereocenters. The van der Waals surface area contributed by atoms with E-state index in [0.29, 0.717) is 0 Å². The van der Waals surface area contributed by atoms with Gasteiger partial charge >= 0.3 is 0 Å². The van der Waals surface area contributed by atoms with Crippen LogP contribution < -0.4 is 9.47 Å². The third-order valence-corrected chi connectivity index (χ3v) is 8.99. The zero-order valence-electron chi connectivity index (χ0n) is 23.3. The first-order valence-corrected chi connectivity index (χ1v) is 14.7. The van der Waals surface area contributed by atoms with Crippen LogP contribution in [0.4, 0.5) is 0 Å². The lowest BCUT2D eigenvalue weighted by molar-refractivity contribution is 0.434. The second-order valence-corrected chi connectivity index (χ2v) is 11.3. The van der Waals surface area contributed by atoms with E-state index < -0.39 is 5.41 Å². The number of ether oxygens (including phenoxy) is 2. The van der Waals surface area contributed by atoms with Gasteiger partial charge in [-0.2, -0.15) is 0 Å². The lowest BCUT2D eigenvalue weighted by atomic mass is 9.63. The summed E-state index contributed by atoms with van der Waals surface area (Å²) in [6.45, 7) is 0. The van der Waals surface area contributed by atoms with Crippen LogP contribution in [0.5, 0.6) is 23.0 Å². The van der Waals surface area contributed by atoms with Crippen molar-refractivity contribution in [2.75, 3.05) is 0 Å². The van der Waals surface area contributed by atoms with Gasteiger partial charge in [-0.3, -0.25) is 0 Å². The van der Waals surface area contributed by atoms with Crippen molar-refractivity contribution in [3.05, 3.63) is 180 Å². The standard InChI is InChI=1S/C41H26O2/c1-2-14-30(15-3-1)41(34-18-4-6-20-37(34)43-38-21-7-5-19-35(38)41)31-16-8-13-28(25-31)29-23-24-36-33(26-29)32-17-9-11-27-12-10-22-39(42-36)40(27)32/h1-26H. The highest BCUT2D eigenvalue weighted by molar-refractivity contribution is 6.04. The van der Waals surface area contributed by atoms with E-state index in [0.717, 1.165) is 50.8 Å². The molecule has 2 heteroatoms. The summed E-state index contributed by atoms with van der Waals surface area (Å²) in [6, 6.07) is 56.0. The van der Waals surface area contributed by atoms with Gasteiger partial charge in [-0.25, -0.2) is 0 Å². The molecular formula is C41H26O2. The maximum Gasteiger partial charge on any atom is 0.135 e. The van der Waals surface area contributed by atoms with Crippen molar-refractivity contribution < 1.29 is 9.47 Å². The van der Waals surface area contributed by atoms with Gasteiger partial charge in [0.2, 0.25) is 0 Å². The third-order valence-electron chi connectivity index (χ3n) is 8.99. The zero-order valence-corrected chi connectivity index (χ0v) is 23.3. The van der Waals surface area contributed by atoms with Crippen LogP contribution in [0.15, 0.2) is 158 Å². The minimum atomic E-state index is -0.551. The van der Waals surface area contributed by atoms with Gasteiger partial charge in [-0.05, 0) is 69.6 Å². The minimum absolute atomic E-state index is 0.551. The number of hydrogen-bond acceptors (Lipinski definition) is 2. The van der Waals surface area contributed by atoms with Gasteiger partial charge in [0.15, 0.2) is 0 Å². The summed E-state index contributed by atoms with van der Waals surface area (Å²) in [5.41, 5.74) is 8.76. The van der Waals surface area contributed by atoms with E-state index in [2.05, 4.69) is 146 Å². The molecule has 0 N–H and O–H groups in total. The SMILES string of the molecule is c1ccc(C2(c3cccc(-c4ccc5c(c4)-c4cccc6cccc(c46)O5)c3)c3ccccc3Oc3ccccc32)cc1. The zero-order chi connectivity index (χ0) is 28.4. The van der Waals surface area contributed by atoms with Gasteiger partial charge < -0.3 is 9.47 Å². The summed E-state index contributed by atoms with van der Waals surface area (Å²) in [5, 5.41) is 2.36. The van der Waals surface area contributed by atoms with Gasteiger partial charge in [-0.15, -0.1) is 0 Å². The molecule has 43 heavy (non-hydrogen) atoms. The molecule has 2 aliphatic rings. The van der Waals surface area contributed by atoms with E-state index in [-0.39, 0.29) is 0 Å². The lowest BCUT2D eigenvalue weighted by Gasteiger charge is -2.41. The van der Waals surface area contributed by atoms with Gasteiger partial charge in [0.25, 0.3) is 0 Å². The van der Waals surface area contributed by atoms with E-state index in [1.165, 1.54) is 27.5 Å². The topological polar surface area (TPSA) is 18.5 Å². The van der Waals surface area contributed by atoms with Crippen LogP contribution >= 0.6 is 0 Å². The van der Waals surface area contributed by atoms with E-state index in [9.17, 15) is 0 Å². The molecule has 202 valence electrons. The molecule has 7 aromatic rings. The summed E-state index contributed by atoms with van der Waals surface area (Å²) in [5.74, 6) is 3.57. The first-order chi connectivity index (χ1) is 21.3. The molecule has 0 aliphatic carbocycles. The van der Waals surface area contributed by atoms with Gasteiger partial charge in [0.05, 0.1) is 5.41 Å². The second-order valence-electron chi connectivity index (χ2n) is 11.3. The third kappa shape index (κ3) is 3.47. The fraction of sp³-hybridized carbons (Fsp3) is 0.0244. The van der Waals surface area contributed by atoms with Crippen molar-refractivity contribution in [1.82, 2.24) is 0 Å². The molecule has 0 aromatic heterocycles. The monoisotopic (exact) mass is 550 g/mol. The maximum atomic E-state index is 6.50. The summed E-state index contributed by atoms with van der Waals surface area (Å²) in [7, 11) is 0. The molecule has 7 aromatic carbocycles.